The number of carbonyl (C=O) groups excluding carboxylic acids is 1. The lowest BCUT2D eigenvalue weighted by molar-refractivity contribution is -0.133. The van der Waals surface area contributed by atoms with E-state index in [4.69, 9.17) is 4.74 Å². The summed E-state index contributed by atoms with van der Waals surface area (Å²) in [7, 11) is 0. The van der Waals surface area contributed by atoms with Gasteiger partial charge in [-0.3, -0.25) is 9.69 Å². The molecule has 0 saturated carbocycles. The number of amides is 1. The Balaban J connectivity index is 1.33. The molecule has 148 valence electrons. The fraction of sp³-hybridized carbons (Fsp3) is 0.435. The van der Waals surface area contributed by atoms with Gasteiger partial charge in [-0.1, -0.05) is 30.3 Å². The molecule has 28 heavy (non-hydrogen) atoms. The quantitative estimate of drug-likeness (QED) is 0.802. The smallest absolute Gasteiger partial charge is 0.223 e. The van der Waals surface area contributed by atoms with Crippen molar-refractivity contribution in [2.24, 2.45) is 0 Å². The molecule has 0 aromatic heterocycles. The molecule has 1 fully saturated rings. The van der Waals surface area contributed by atoms with Gasteiger partial charge in [0.2, 0.25) is 5.91 Å². The second kappa shape index (κ2) is 8.31. The topological polar surface area (TPSA) is 32.8 Å². The van der Waals surface area contributed by atoms with Crippen LogP contribution in [-0.2, 0) is 4.79 Å². The third-order valence-electron chi connectivity index (χ3n) is 6.05. The molecule has 1 saturated heterocycles. The van der Waals surface area contributed by atoms with Crippen LogP contribution < -0.4 is 4.74 Å². The molecule has 0 N–H and O–H groups in total. The first-order valence-corrected chi connectivity index (χ1v) is 10.1. The van der Waals surface area contributed by atoms with E-state index in [2.05, 4.69) is 17.9 Å². The minimum absolute atomic E-state index is 0.148. The lowest BCUT2D eigenvalue weighted by Crippen LogP contribution is -2.49. The zero-order valence-corrected chi connectivity index (χ0v) is 16.3. The van der Waals surface area contributed by atoms with E-state index >= 15 is 0 Å². The highest BCUT2D eigenvalue weighted by molar-refractivity contribution is 5.77. The van der Waals surface area contributed by atoms with Crippen molar-refractivity contribution in [2.45, 2.75) is 31.7 Å². The van der Waals surface area contributed by atoms with Crippen molar-refractivity contribution >= 4 is 5.91 Å². The zero-order chi connectivity index (χ0) is 19.5. The summed E-state index contributed by atoms with van der Waals surface area (Å²) in [6.07, 6.45) is 1.43. The summed E-state index contributed by atoms with van der Waals surface area (Å²) >= 11 is 0. The monoisotopic (exact) mass is 382 g/mol. The van der Waals surface area contributed by atoms with Gasteiger partial charge in [0.1, 0.15) is 11.6 Å². The Labute approximate surface area is 165 Å². The number of carbonyl (C=O) groups is 1. The molecule has 2 aromatic carbocycles. The van der Waals surface area contributed by atoms with Crippen molar-refractivity contribution in [3.8, 4) is 5.75 Å². The van der Waals surface area contributed by atoms with Gasteiger partial charge in [-0.05, 0) is 48.6 Å². The van der Waals surface area contributed by atoms with Crippen molar-refractivity contribution in [1.82, 2.24) is 9.80 Å². The number of rotatable bonds is 4. The molecular weight excluding hydrogens is 355 g/mol. The molecule has 0 spiro atoms. The molecule has 0 aliphatic carbocycles. The molecule has 0 bridgehead atoms. The van der Waals surface area contributed by atoms with Crippen molar-refractivity contribution in [3.05, 3.63) is 65.5 Å². The van der Waals surface area contributed by atoms with Crippen LogP contribution in [0.25, 0.3) is 0 Å². The molecule has 5 heteroatoms. The number of piperazine rings is 1. The van der Waals surface area contributed by atoms with E-state index in [1.807, 2.05) is 29.2 Å². The Morgan fingerprint density at radius 1 is 1.14 bits per heavy atom. The molecule has 4 nitrogen and oxygen atoms in total. The highest BCUT2D eigenvalue weighted by Gasteiger charge is 2.29. The maximum atomic E-state index is 13.5. The van der Waals surface area contributed by atoms with Gasteiger partial charge in [-0.15, -0.1) is 0 Å². The fourth-order valence-electron chi connectivity index (χ4n) is 4.30. The van der Waals surface area contributed by atoms with Crippen LogP contribution in [0, 0.1) is 5.82 Å². The van der Waals surface area contributed by atoms with Gasteiger partial charge in [0.15, 0.2) is 0 Å². The number of halogens is 1. The number of hydrogen-bond donors (Lipinski definition) is 0. The molecule has 2 atom stereocenters. The second-order valence-corrected chi connectivity index (χ2v) is 7.72. The van der Waals surface area contributed by atoms with Gasteiger partial charge in [0, 0.05) is 38.6 Å². The summed E-state index contributed by atoms with van der Waals surface area (Å²) < 4.78 is 19.2. The first kappa shape index (κ1) is 18.9. The normalized spacial score (nSPS) is 20.9. The van der Waals surface area contributed by atoms with E-state index in [9.17, 15) is 9.18 Å². The molecule has 0 unspecified atom stereocenters. The minimum Gasteiger partial charge on any atom is -0.493 e. The van der Waals surface area contributed by atoms with E-state index in [1.54, 1.807) is 12.1 Å². The molecule has 1 amide bonds. The summed E-state index contributed by atoms with van der Waals surface area (Å²) in [4.78, 5) is 17.2. The van der Waals surface area contributed by atoms with E-state index in [0.717, 1.165) is 49.5 Å². The lowest BCUT2D eigenvalue weighted by Gasteiger charge is -2.39. The Hall–Kier alpha value is -2.40. The third-order valence-corrected chi connectivity index (χ3v) is 6.05. The van der Waals surface area contributed by atoms with Gasteiger partial charge in [-0.25, -0.2) is 4.39 Å². The van der Waals surface area contributed by atoms with Crippen LogP contribution in [0.2, 0.25) is 0 Å². The Bertz CT molecular complexity index is 833. The number of hydrogen-bond acceptors (Lipinski definition) is 3. The van der Waals surface area contributed by atoms with Crippen LogP contribution >= 0.6 is 0 Å². The highest BCUT2D eigenvalue weighted by atomic mass is 19.1. The van der Waals surface area contributed by atoms with Crippen molar-refractivity contribution in [2.75, 3.05) is 32.8 Å². The van der Waals surface area contributed by atoms with Crippen molar-refractivity contribution in [3.63, 3.8) is 0 Å². The maximum Gasteiger partial charge on any atom is 0.223 e. The molecule has 2 aromatic rings. The number of ether oxygens (including phenoxy) is 1. The zero-order valence-electron chi connectivity index (χ0n) is 16.3. The fourth-order valence-corrected chi connectivity index (χ4v) is 4.30. The summed E-state index contributed by atoms with van der Waals surface area (Å²) in [6, 6.07) is 15.0. The predicted molar refractivity (Wildman–Crippen MR) is 107 cm³/mol. The Morgan fingerprint density at radius 3 is 2.71 bits per heavy atom. The number of para-hydroxylation sites is 1. The van der Waals surface area contributed by atoms with Crippen LogP contribution in [0.1, 0.15) is 42.9 Å². The molecule has 4 rings (SSSR count). The second-order valence-electron chi connectivity index (χ2n) is 7.72. The van der Waals surface area contributed by atoms with Gasteiger partial charge in [0.25, 0.3) is 0 Å². The van der Waals surface area contributed by atoms with Gasteiger partial charge in [0.05, 0.1) is 6.61 Å². The number of fused-ring (bicyclic) bond motifs is 1. The van der Waals surface area contributed by atoms with Crippen LogP contribution in [0.5, 0.6) is 5.75 Å². The van der Waals surface area contributed by atoms with Crippen molar-refractivity contribution in [1.29, 1.82) is 0 Å². The number of nitrogens with zero attached hydrogens (tertiary/aromatic N) is 2. The third kappa shape index (κ3) is 4.04. The van der Waals surface area contributed by atoms with Crippen molar-refractivity contribution < 1.29 is 13.9 Å². The molecule has 2 aliphatic heterocycles. The lowest BCUT2D eigenvalue weighted by atomic mass is 9.90. The largest absolute Gasteiger partial charge is 0.493 e. The first-order valence-electron chi connectivity index (χ1n) is 10.1. The van der Waals surface area contributed by atoms with E-state index in [1.165, 1.54) is 6.07 Å². The molecule has 2 aliphatic rings. The average Bonchev–Trinajstić information content (AvgIpc) is 2.73. The maximum absolute atomic E-state index is 13.5. The standard InChI is InChI=1S/C23H27FN2O2/c1-17(18-5-4-6-20(24)15-18)25-10-12-26(13-11-25)23(27)16-19-9-14-28-22-8-3-2-7-21(19)22/h2-8,15,17,19H,9-14,16H2,1H3/t17-,19-/m1/s1. The summed E-state index contributed by atoms with van der Waals surface area (Å²) in [5.41, 5.74) is 2.14. The summed E-state index contributed by atoms with van der Waals surface area (Å²) in [5.74, 6) is 1.18. The molecular formula is C23H27FN2O2. The molecule has 0 radical (unpaired) electrons. The average molecular weight is 382 g/mol. The van der Waals surface area contributed by atoms with Gasteiger partial charge >= 0.3 is 0 Å². The van der Waals surface area contributed by atoms with E-state index < -0.39 is 0 Å². The van der Waals surface area contributed by atoms with Gasteiger partial charge in [-0.2, -0.15) is 0 Å². The van der Waals surface area contributed by atoms with E-state index in [-0.39, 0.29) is 23.7 Å². The summed E-state index contributed by atoms with van der Waals surface area (Å²) in [6.45, 7) is 5.85. The highest BCUT2D eigenvalue weighted by Crippen LogP contribution is 2.36. The number of benzene rings is 2. The Kier molecular flexibility index (Phi) is 5.62. The first-order chi connectivity index (χ1) is 13.6. The Morgan fingerprint density at radius 2 is 1.93 bits per heavy atom. The van der Waals surface area contributed by atoms with Crippen LogP contribution in [0.15, 0.2) is 48.5 Å². The SMILES string of the molecule is C[C@H](c1cccc(F)c1)N1CCN(C(=O)C[C@H]2CCOc3ccccc32)CC1. The molecule has 2 heterocycles. The minimum atomic E-state index is -0.199. The van der Waals surface area contributed by atoms with Gasteiger partial charge < -0.3 is 9.64 Å². The van der Waals surface area contributed by atoms with Crippen LogP contribution in [0.3, 0.4) is 0 Å². The van der Waals surface area contributed by atoms with E-state index in [0.29, 0.717) is 13.0 Å². The van der Waals surface area contributed by atoms with Crippen LogP contribution in [-0.4, -0.2) is 48.5 Å². The van der Waals surface area contributed by atoms with Crippen LogP contribution in [0.4, 0.5) is 4.39 Å². The predicted octanol–water partition coefficient (Wildman–Crippen LogP) is 3.99. The summed E-state index contributed by atoms with van der Waals surface area (Å²) in [5, 5.41) is 0.